The van der Waals surface area contributed by atoms with E-state index in [0.29, 0.717) is 0 Å². The maximum atomic E-state index is 9.65. The number of aliphatic hydroxyl groups is 1. The molecule has 0 spiro atoms. The minimum Gasteiger partial charge on any atom is -0.490 e. The average molecular weight is 282 g/mol. The first-order valence-corrected chi connectivity index (χ1v) is 7.65. The fourth-order valence-corrected chi connectivity index (χ4v) is 3.12. The van der Waals surface area contributed by atoms with Gasteiger partial charge in [0.1, 0.15) is 11.9 Å². The molecular formula is C19H22O2. The number of hydrogen-bond donors (Lipinski definition) is 1. The molecule has 0 bridgehead atoms. The smallest absolute Gasteiger partial charge is 0.123 e. The summed E-state index contributed by atoms with van der Waals surface area (Å²) in [5.74, 6) is 1.27. The van der Waals surface area contributed by atoms with Crippen molar-refractivity contribution in [1.82, 2.24) is 0 Å². The average Bonchev–Trinajstić information content (AvgIpc) is 2.89. The molecule has 21 heavy (non-hydrogen) atoms. The quantitative estimate of drug-likeness (QED) is 0.909. The summed E-state index contributed by atoms with van der Waals surface area (Å²) in [7, 11) is 0. The predicted octanol–water partition coefficient (Wildman–Crippen LogP) is 3.54. The summed E-state index contributed by atoms with van der Waals surface area (Å²) in [6.07, 6.45) is 2.97. The minimum atomic E-state index is 0.197. The van der Waals surface area contributed by atoms with Gasteiger partial charge < -0.3 is 9.84 Å². The summed E-state index contributed by atoms with van der Waals surface area (Å²) in [5.41, 5.74) is 3.86. The Morgan fingerprint density at radius 3 is 2.76 bits per heavy atom. The minimum absolute atomic E-state index is 0.197. The van der Waals surface area contributed by atoms with Crippen LogP contribution in [0.15, 0.2) is 48.5 Å². The number of rotatable bonds is 5. The molecule has 2 atom stereocenters. The van der Waals surface area contributed by atoms with Gasteiger partial charge in [-0.2, -0.15) is 0 Å². The van der Waals surface area contributed by atoms with Gasteiger partial charge in [-0.3, -0.25) is 0 Å². The number of fused-ring (bicyclic) bond motifs is 1. The van der Waals surface area contributed by atoms with E-state index in [1.807, 2.05) is 6.07 Å². The Morgan fingerprint density at radius 2 is 2.00 bits per heavy atom. The summed E-state index contributed by atoms with van der Waals surface area (Å²) >= 11 is 0. The van der Waals surface area contributed by atoms with Crippen molar-refractivity contribution in [2.24, 2.45) is 5.92 Å². The van der Waals surface area contributed by atoms with Crippen LogP contribution in [0.4, 0.5) is 0 Å². The molecule has 110 valence electrons. The number of ether oxygens (including phenoxy) is 1. The van der Waals surface area contributed by atoms with E-state index in [9.17, 15) is 5.11 Å². The molecule has 2 aromatic carbocycles. The predicted molar refractivity (Wildman–Crippen MR) is 84.6 cm³/mol. The van der Waals surface area contributed by atoms with E-state index in [2.05, 4.69) is 49.4 Å². The molecule has 0 saturated heterocycles. The number of hydrogen-bond acceptors (Lipinski definition) is 2. The summed E-state index contributed by atoms with van der Waals surface area (Å²) < 4.78 is 6.02. The monoisotopic (exact) mass is 282 g/mol. The lowest BCUT2D eigenvalue weighted by atomic mass is 9.93. The van der Waals surface area contributed by atoms with Gasteiger partial charge in [0.15, 0.2) is 0 Å². The zero-order valence-electron chi connectivity index (χ0n) is 12.5. The van der Waals surface area contributed by atoms with Gasteiger partial charge in [-0.05, 0) is 42.9 Å². The highest BCUT2D eigenvalue weighted by Gasteiger charge is 2.25. The third-order valence-electron chi connectivity index (χ3n) is 4.18. The third kappa shape index (κ3) is 3.45. The van der Waals surface area contributed by atoms with Gasteiger partial charge in [-0.15, -0.1) is 0 Å². The normalized spacial score (nSPS) is 18.1. The van der Waals surface area contributed by atoms with E-state index in [4.69, 9.17) is 4.74 Å². The summed E-state index contributed by atoms with van der Waals surface area (Å²) in [6, 6.07) is 16.7. The third-order valence-corrected chi connectivity index (χ3v) is 4.18. The van der Waals surface area contributed by atoms with E-state index in [1.165, 1.54) is 16.7 Å². The number of aliphatic hydroxyl groups excluding tert-OH is 1. The molecule has 2 nitrogen and oxygen atoms in total. The van der Waals surface area contributed by atoms with Crippen LogP contribution in [-0.4, -0.2) is 17.8 Å². The molecule has 3 rings (SSSR count). The van der Waals surface area contributed by atoms with Crippen molar-refractivity contribution in [3.8, 4) is 5.75 Å². The molecule has 1 N–H and O–H groups in total. The van der Waals surface area contributed by atoms with Gasteiger partial charge in [-0.25, -0.2) is 0 Å². The van der Waals surface area contributed by atoms with Gasteiger partial charge >= 0.3 is 0 Å². The van der Waals surface area contributed by atoms with Crippen LogP contribution in [0, 0.1) is 12.8 Å². The molecule has 1 heterocycles. The SMILES string of the molecule is Cc1ccc2c(c1)CC(CC(CO)Cc1ccccc1)O2. The zero-order chi connectivity index (χ0) is 14.7. The molecule has 0 saturated carbocycles. The van der Waals surface area contributed by atoms with Crippen LogP contribution in [0.1, 0.15) is 23.1 Å². The molecule has 0 aromatic heterocycles. The van der Waals surface area contributed by atoms with Crippen molar-refractivity contribution in [1.29, 1.82) is 0 Å². The molecular weight excluding hydrogens is 260 g/mol. The van der Waals surface area contributed by atoms with Crippen LogP contribution in [0.2, 0.25) is 0 Å². The van der Waals surface area contributed by atoms with E-state index in [-0.39, 0.29) is 18.6 Å². The van der Waals surface area contributed by atoms with E-state index < -0.39 is 0 Å². The Bertz CT molecular complexity index is 592. The first kappa shape index (κ1) is 14.2. The van der Waals surface area contributed by atoms with Crippen molar-refractivity contribution < 1.29 is 9.84 Å². The standard InChI is InChI=1S/C19H22O2/c1-14-7-8-19-17(9-14)12-18(21-19)11-16(13-20)10-15-5-3-2-4-6-15/h2-9,16,18,20H,10-13H2,1H3. The largest absolute Gasteiger partial charge is 0.490 e. The van der Waals surface area contributed by atoms with Crippen molar-refractivity contribution >= 4 is 0 Å². The Labute approximate surface area is 126 Å². The fraction of sp³-hybridized carbons (Fsp3) is 0.368. The van der Waals surface area contributed by atoms with Crippen molar-refractivity contribution in [2.45, 2.75) is 32.3 Å². The highest BCUT2D eigenvalue weighted by atomic mass is 16.5. The van der Waals surface area contributed by atoms with Gasteiger partial charge in [0, 0.05) is 13.0 Å². The van der Waals surface area contributed by atoms with Crippen LogP contribution in [0.3, 0.4) is 0 Å². The summed E-state index contributed by atoms with van der Waals surface area (Å²) in [6.45, 7) is 2.32. The molecule has 2 heteroatoms. The molecule has 1 aliphatic rings. The molecule has 0 fully saturated rings. The molecule has 0 radical (unpaired) electrons. The second-order valence-corrected chi connectivity index (χ2v) is 6.03. The maximum Gasteiger partial charge on any atom is 0.123 e. The van der Waals surface area contributed by atoms with Gasteiger partial charge in [0.25, 0.3) is 0 Å². The van der Waals surface area contributed by atoms with Crippen LogP contribution in [0.25, 0.3) is 0 Å². The molecule has 0 aliphatic carbocycles. The molecule has 2 aromatic rings. The Kier molecular flexibility index (Phi) is 4.26. The van der Waals surface area contributed by atoms with Crippen molar-refractivity contribution in [3.63, 3.8) is 0 Å². The lowest BCUT2D eigenvalue weighted by molar-refractivity contribution is 0.149. The summed E-state index contributed by atoms with van der Waals surface area (Å²) in [4.78, 5) is 0. The van der Waals surface area contributed by atoms with E-state index in [1.54, 1.807) is 0 Å². The lowest BCUT2D eigenvalue weighted by Gasteiger charge is -2.18. The second-order valence-electron chi connectivity index (χ2n) is 6.03. The van der Waals surface area contributed by atoms with E-state index >= 15 is 0 Å². The highest BCUT2D eigenvalue weighted by Crippen LogP contribution is 2.32. The topological polar surface area (TPSA) is 29.5 Å². The first-order valence-electron chi connectivity index (χ1n) is 7.65. The molecule has 0 amide bonds. The molecule has 2 unspecified atom stereocenters. The number of benzene rings is 2. The maximum absolute atomic E-state index is 9.65. The Morgan fingerprint density at radius 1 is 1.19 bits per heavy atom. The Balaban J connectivity index is 1.61. The number of aryl methyl sites for hydroxylation is 1. The van der Waals surface area contributed by atoms with Crippen LogP contribution < -0.4 is 4.74 Å². The van der Waals surface area contributed by atoms with Crippen molar-refractivity contribution in [3.05, 3.63) is 65.2 Å². The lowest BCUT2D eigenvalue weighted by Crippen LogP contribution is -2.22. The van der Waals surface area contributed by atoms with Crippen LogP contribution in [-0.2, 0) is 12.8 Å². The Hall–Kier alpha value is -1.80. The zero-order valence-corrected chi connectivity index (χ0v) is 12.5. The summed E-state index contributed by atoms with van der Waals surface area (Å²) in [5, 5.41) is 9.65. The van der Waals surface area contributed by atoms with Gasteiger partial charge in [0.05, 0.1) is 0 Å². The van der Waals surface area contributed by atoms with Crippen molar-refractivity contribution in [2.75, 3.05) is 6.61 Å². The van der Waals surface area contributed by atoms with E-state index in [0.717, 1.165) is 25.0 Å². The highest BCUT2D eigenvalue weighted by molar-refractivity contribution is 5.40. The van der Waals surface area contributed by atoms with Crippen LogP contribution in [0.5, 0.6) is 5.75 Å². The molecule has 1 aliphatic heterocycles. The second kappa shape index (κ2) is 6.31. The van der Waals surface area contributed by atoms with Crippen LogP contribution >= 0.6 is 0 Å². The first-order chi connectivity index (χ1) is 10.2. The van der Waals surface area contributed by atoms with Gasteiger partial charge in [-0.1, -0.05) is 48.0 Å². The fourth-order valence-electron chi connectivity index (χ4n) is 3.12. The van der Waals surface area contributed by atoms with Gasteiger partial charge in [0.2, 0.25) is 0 Å².